The number of hydrogen-bond acceptors (Lipinski definition) is 5. The van der Waals surface area contributed by atoms with E-state index in [1.54, 1.807) is 18.2 Å². The van der Waals surface area contributed by atoms with Gasteiger partial charge in [0.15, 0.2) is 11.5 Å². The van der Waals surface area contributed by atoms with Crippen molar-refractivity contribution in [2.24, 2.45) is 5.92 Å². The highest BCUT2D eigenvalue weighted by Crippen LogP contribution is 2.19. The van der Waals surface area contributed by atoms with E-state index in [2.05, 4.69) is 25.3 Å². The van der Waals surface area contributed by atoms with Gasteiger partial charge < -0.3 is 15.1 Å². The Hall–Kier alpha value is -2.70. The maximum Gasteiger partial charge on any atom is 0.271 e. The number of hydrogen-bond donors (Lipinski definition) is 1. The van der Waals surface area contributed by atoms with Crippen LogP contribution in [-0.2, 0) is 0 Å². The Morgan fingerprint density at radius 2 is 1.69 bits per heavy atom. The molecule has 1 aromatic heterocycles. The van der Waals surface area contributed by atoms with Crippen LogP contribution in [0, 0.1) is 11.7 Å². The number of aromatic nitrogens is 2. The first-order chi connectivity index (χ1) is 12.5. The van der Waals surface area contributed by atoms with Crippen molar-refractivity contribution in [1.82, 2.24) is 15.5 Å². The topological polar surface area (TPSA) is 61.4 Å². The molecule has 1 amide bonds. The van der Waals surface area contributed by atoms with Gasteiger partial charge in [-0.05, 0) is 42.3 Å². The van der Waals surface area contributed by atoms with Gasteiger partial charge >= 0.3 is 0 Å². The van der Waals surface area contributed by atoms with E-state index < -0.39 is 0 Å². The second-order valence-corrected chi connectivity index (χ2v) is 6.83. The number of nitrogens with one attached hydrogen (secondary N) is 1. The van der Waals surface area contributed by atoms with E-state index >= 15 is 0 Å². The molecule has 0 atom stereocenters. The standard InChI is InChI=1S/C19H24FN5O/c1-14(2)13-21-19(26)17-7-8-18(23-22-17)25-11-9-24(10-12-25)16-5-3-15(20)4-6-16/h3-8,14H,9-13H2,1-2H3,(H,21,26). The van der Waals surface area contributed by atoms with Crippen LogP contribution in [0.4, 0.5) is 15.9 Å². The Kier molecular flexibility index (Phi) is 5.65. The van der Waals surface area contributed by atoms with Gasteiger partial charge in [-0.15, -0.1) is 10.2 Å². The molecule has 26 heavy (non-hydrogen) atoms. The maximum atomic E-state index is 13.0. The van der Waals surface area contributed by atoms with E-state index in [4.69, 9.17) is 0 Å². The SMILES string of the molecule is CC(C)CNC(=O)c1ccc(N2CCN(c3ccc(F)cc3)CC2)nn1. The van der Waals surface area contributed by atoms with Crippen LogP contribution in [0.3, 0.4) is 0 Å². The molecule has 2 aromatic rings. The van der Waals surface area contributed by atoms with Crippen molar-refractivity contribution < 1.29 is 9.18 Å². The minimum absolute atomic E-state index is 0.195. The monoisotopic (exact) mass is 357 g/mol. The molecule has 2 heterocycles. The summed E-state index contributed by atoms with van der Waals surface area (Å²) >= 11 is 0. The molecule has 6 nitrogen and oxygen atoms in total. The van der Waals surface area contributed by atoms with Crippen molar-refractivity contribution >= 4 is 17.4 Å². The fourth-order valence-electron chi connectivity index (χ4n) is 2.85. The number of halogens is 1. The Morgan fingerprint density at radius 3 is 2.27 bits per heavy atom. The molecule has 1 saturated heterocycles. The van der Waals surface area contributed by atoms with Crippen LogP contribution in [0.1, 0.15) is 24.3 Å². The van der Waals surface area contributed by atoms with Crippen LogP contribution < -0.4 is 15.1 Å². The van der Waals surface area contributed by atoms with Gasteiger partial charge in [-0.1, -0.05) is 13.8 Å². The zero-order valence-electron chi connectivity index (χ0n) is 15.2. The molecule has 1 aliphatic heterocycles. The summed E-state index contributed by atoms with van der Waals surface area (Å²) < 4.78 is 13.0. The summed E-state index contributed by atoms with van der Waals surface area (Å²) in [6, 6.07) is 10.1. The Bertz CT molecular complexity index is 725. The van der Waals surface area contributed by atoms with E-state index in [0.29, 0.717) is 18.2 Å². The smallest absolute Gasteiger partial charge is 0.271 e. The summed E-state index contributed by atoms with van der Waals surface area (Å²) in [4.78, 5) is 16.4. The van der Waals surface area contributed by atoms with Crippen LogP contribution in [0.25, 0.3) is 0 Å². The van der Waals surface area contributed by atoms with Gasteiger partial charge in [-0.25, -0.2) is 4.39 Å². The van der Waals surface area contributed by atoms with E-state index in [1.165, 1.54) is 12.1 Å². The van der Waals surface area contributed by atoms with Crippen molar-refractivity contribution in [1.29, 1.82) is 0 Å². The Balaban J connectivity index is 1.56. The number of piperazine rings is 1. The summed E-state index contributed by atoms with van der Waals surface area (Å²) in [5.74, 6) is 0.742. The summed E-state index contributed by atoms with van der Waals surface area (Å²) in [6.07, 6.45) is 0. The first-order valence-electron chi connectivity index (χ1n) is 8.90. The number of rotatable bonds is 5. The molecule has 0 spiro atoms. The lowest BCUT2D eigenvalue weighted by atomic mass is 10.2. The molecule has 0 bridgehead atoms. The fourth-order valence-corrected chi connectivity index (χ4v) is 2.85. The first-order valence-corrected chi connectivity index (χ1v) is 8.90. The van der Waals surface area contributed by atoms with Crippen LogP contribution >= 0.6 is 0 Å². The van der Waals surface area contributed by atoms with Gasteiger partial charge in [0.2, 0.25) is 0 Å². The molecule has 1 N–H and O–H groups in total. The number of carbonyl (C=O) groups is 1. The number of anilines is 2. The lowest BCUT2D eigenvalue weighted by molar-refractivity contribution is 0.0943. The quantitative estimate of drug-likeness (QED) is 0.890. The van der Waals surface area contributed by atoms with Gasteiger partial charge in [0.1, 0.15) is 5.82 Å². The molecule has 1 fully saturated rings. The van der Waals surface area contributed by atoms with Gasteiger partial charge in [0, 0.05) is 38.4 Å². The molecule has 0 unspecified atom stereocenters. The highest BCUT2D eigenvalue weighted by molar-refractivity contribution is 5.92. The van der Waals surface area contributed by atoms with E-state index in [1.807, 2.05) is 19.9 Å². The molecular weight excluding hydrogens is 333 g/mol. The predicted molar refractivity (Wildman–Crippen MR) is 100 cm³/mol. The van der Waals surface area contributed by atoms with Crippen molar-refractivity contribution in [3.8, 4) is 0 Å². The summed E-state index contributed by atoms with van der Waals surface area (Å²) in [6.45, 7) is 7.94. The van der Waals surface area contributed by atoms with Crippen LogP contribution in [0.2, 0.25) is 0 Å². The van der Waals surface area contributed by atoms with Crippen LogP contribution in [0.5, 0.6) is 0 Å². The third kappa shape index (κ3) is 4.47. The van der Waals surface area contributed by atoms with Crippen molar-refractivity contribution in [3.05, 3.63) is 47.9 Å². The molecular formula is C19H24FN5O. The largest absolute Gasteiger partial charge is 0.368 e. The molecule has 1 aliphatic rings. The minimum atomic E-state index is -0.222. The van der Waals surface area contributed by atoms with Crippen molar-refractivity contribution in [2.75, 3.05) is 42.5 Å². The number of benzene rings is 1. The summed E-state index contributed by atoms with van der Waals surface area (Å²) in [5.41, 5.74) is 1.36. The van der Waals surface area contributed by atoms with Crippen molar-refractivity contribution in [3.63, 3.8) is 0 Å². The maximum absolute atomic E-state index is 13.0. The second-order valence-electron chi connectivity index (χ2n) is 6.83. The van der Waals surface area contributed by atoms with E-state index in [0.717, 1.165) is 37.7 Å². The van der Waals surface area contributed by atoms with Gasteiger partial charge in [-0.2, -0.15) is 0 Å². The number of amides is 1. The molecule has 138 valence electrons. The lowest BCUT2D eigenvalue weighted by Crippen LogP contribution is -2.47. The number of carbonyl (C=O) groups excluding carboxylic acids is 1. The normalized spacial score (nSPS) is 14.6. The molecule has 1 aromatic carbocycles. The third-order valence-electron chi connectivity index (χ3n) is 4.35. The zero-order chi connectivity index (χ0) is 18.5. The molecule has 7 heteroatoms. The van der Waals surface area contributed by atoms with Gasteiger partial charge in [-0.3, -0.25) is 4.79 Å². The highest BCUT2D eigenvalue weighted by atomic mass is 19.1. The Labute approximate surface area is 153 Å². The fraction of sp³-hybridized carbons (Fsp3) is 0.421. The Morgan fingerprint density at radius 1 is 1.04 bits per heavy atom. The zero-order valence-corrected chi connectivity index (χ0v) is 15.2. The van der Waals surface area contributed by atoms with Crippen molar-refractivity contribution in [2.45, 2.75) is 13.8 Å². The average molecular weight is 357 g/mol. The summed E-state index contributed by atoms with van der Waals surface area (Å²) in [5, 5.41) is 11.1. The first kappa shape index (κ1) is 18.1. The van der Waals surface area contributed by atoms with Gasteiger partial charge in [0.25, 0.3) is 5.91 Å². The molecule has 0 saturated carbocycles. The van der Waals surface area contributed by atoms with E-state index in [-0.39, 0.29) is 11.7 Å². The lowest BCUT2D eigenvalue weighted by Gasteiger charge is -2.36. The highest BCUT2D eigenvalue weighted by Gasteiger charge is 2.19. The second kappa shape index (κ2) is 8.12. The molecule has 0 aliphatic carbocycles. The average Bonchev–Trinajstić information content (AvgIpc) is 2.67. The van der Waals surface area contributed by atoms with E-state index in [9.17, 15) is 9.18 Å². The predicted octanol–water partition coefficient (Wildman–Crippen LogP) is 2.33. The molecule has 0 radical (unpaired) electrons. The minimum Gasteiger partial charge on any atom is -0.368 e. The third-order valence-corrected chi connectivity index (χ3v) is 4.35. The van der Waals surface area contributed by atoms with Gasteiger partial charge in [0.05, 0.1) is 0 Å². The van der Waals surface area contributed by atoms with Crippen LogP contribution in [0.15, 0.2) is 36.4 Å². The molecule has 3 rings (SSSR count). The summed E-state index contributed by atoms with van der Waals surface area (Å²) in [7, 11) is 0. The number of nitrogens with zero attached hydrogens (tertiary/aromatic N) is 4. The van der Waals surface area contributed by atoms with Crippen LogP contribution in [-0.4, -0.2) is 48.8 Å².